The molecule has 17 heavy (non-hydrogen) atoms. The average Bonchev–Trinajstić information content (AvgIpc) is 2.29. The molecule has 0 bridgehead atoms. The molecule has 3 N–H and O–H groups in total. The highest BCUT2D eigenvalue weighted by Gasteiger charge is 2.23. The lowest BCUT2D eigenvalue weighted by molar-refractivity contribution is -0.137. The van der Waals surface area contributed by atoms with Crippen molar-refractivity contribution in [2.75, 3.05) is 11.1 Å². The van der Waals surface area contributed by atoms with E-state index in [0.717, 1.165) is 5.38 Å². The summed E-state index contributed by atoms with van der Waals surface area (Å²) in [6.45, 7) is 4.59. The SMILES string of the molecule is C[Si](C)(CSC[C@H](N)C(=O)O)c1ccccc1. The zero-order valence-corrected chi connectivity index (χ0v) is 12.0. The standard InChI is InChI=1S/C12H19NO2SSi/c1-17(2,10-6-4-3-5-7-10)9-16-8-11(13)12(14)15/h3-7,11H,8-9,13H2,1-2H3,(H,14,15)/t11-/m0/s1. The molecule has 0 saturated carbocycles. The quantitative estimate of drug-likeness (QED) is 0.764. The number of carboxylic acid groups (broad SMARTS) is 1. The van der Waals surface area contributed by atoms with Crippen LogP contribution >= 0.6 is 11.8 Å². The normalized spacial score (nSPS) is 13.4. The smallest absolute Gasteiger partial charge is 0.321 e. The van der Waals surface area contributed by atoms with Crippen molar-refractivity contribution in [2.45, 2.75) is 19.1 Å². The summed E-state index contributed by atoms with van der Waals surface area (Å²) in [5.74, 6) is -0.435. The maximum atomic E-state index is 10.6. The van der Waals surface area contributed by atoms with E-state index in [1.165, 1.54) is 5.19 Å². The first kappa shape index (κ1) is 14.3. The summed E-state index contributed by atoms with van der Waals surface area (Å²) < 4.78 is 0. The highest BCUT2D eigenvalue weighted by molar-refractivity contribution is 8.01. The Bertz CT molecular complexity index is 370. The molecule has 0 aliphatic carbocycles. The lowest BCUT2D eigenvalue weighted by Crippen LogP contribution is -2.45. The molecule has 0 aliphatic heterocycles. The number of carboxylic acids is 1. The van der Waals surface area contributed by atoms with Crippen LogP contribution in [-0.2, 0) is 4.79 Å². The second kappa shape index (κ2) is 6.23. The van der Waals surface area contributed by atoms with Crippen LogP contribution in [0.5, 0.6) is 0 Å². The fourth-order valence-electron chi connectivity index (χ4n) is 1.49. The van der Waals surface area contributed by atoms with Crippen LogP contribution in [0.25, 0.3) is 0 Å². The lowest BCUT2D eigenvalue weighted by atomic mass is 10.4. The van der Waals surface area contributed by atoms with Crippen molar-refractivity contribution in [2.24, 2.45) is 5.73 Å². The van der Waals surface area contributed by atoms with Gasteiger partial charge in [-0.15, -0.1) is 0 Å². The minimum Gasteiger partial charge on any atom is -0.480 e. The molecular weight excluding hydrogens is 250 g/mol. The Hall–Kier alpha value is -0.783. The van der Waals surface area contributed by atoms with Gasteiger partial charge in [0.1, 0.15) is 6.04 Å². The predicted molar refractivity (Wildman–Crippen MR) is 76.5 cm³/mol. The number of thioether (sulfide) groups is 1. The van der Waals surface area contributed by atoms with Gasteiger partial charge in [0.05, 0.1) is 8.07 Å². The molecule has 1 atom stereocenters. The van der Waals surface area contributed by atoms with Crippen molar-refractivity contribution in [1.82, 2.24) is 0 Å². The van der Waals surface area contributed by atoms with E-state index in [0.29, 0.717) is 5.75 Å². The van der Waals surface area contributed by atoms with Gasteiger partial charge < -0.3 is 10.8 Å². The van der Waals surface area contributed by atoms with Crippen molar-refractivity contribution in [1.29, 1.82) is 0 Å². The van der Waals surface area contributed by atoms with Crippen LogP contribution in [0.3, 0.4) is 0 Å². The fraction of sp³-hybridized carbons (Fsp3) is 0.417. The number of aliphatic carboxylic acids is 1. The highest BCUT2D eigenvalue weighted by atomic mass is 32.2. The van der Waals surface area contributed by atoms with Crippen molar-refractivity contribution in [3.63, 3.8) is 0 Å². The van der Waals surface area contributed by atoms with E-state index in [-0.39, 0.29) is 0 Å². The third-order valence-electron chi connectivity index (χ3n) is 2.63. The van der Waals surface area contributed by atoms with Gasteiger partial charge in [0.2, 0.25) is 0 Å². The maximum Gasteiger partial charge on any atom is 0.321 e. The van der Waals surface area contributed by atoms with E-state index < -0.39 is 20.1 Å². The summed E-state index contributed by atoms with van der Waals surface area (Å²) >= 11 is 1.65. The van der Waals surface area contributed by atoms with E-state index in [2.05, 4.69) is 37.4 Å². The van der Waals surface area contributed by atoms with Gasteiger partial charge in [-0.05, 0) is 5.38 Å². The van der Waals surface area contributed by atoms with Crippen molar-refractivity contribution in [3.8, 4) is 0 Å². The summed E-state index contributed by atoms with van der Waals surface area (Å²) in [4.78, 5) is 10.6. The fourth-order valence-corrected chi connectivity index (χ4v) is 6.16. The van der Waals surface area contributed by atoms with E-state index in [4.69, 9.17) is 10.8 Å². The molecular formula is C12H19NO2SSi. The first-order valence-electron chi connectivity index (χ1n) is 5.55. The first-order chi connectivity index (χ1) is 7.93. The Morgan fingerprint density at radius 2 is 2.00 bits per heavy atom. The molecule has 5 heteroatoms. The van der Waals surface area contributed by atoms with Crippen LogP contribution in [0, 0.1) is 0 Å². The summed E-state index contributed by atoms with van der Waals surface area (Å²) in [6.07, 6.45) is 0. The van der Waals surface area contributed by atoms with E-state index in [9.17, 15) is 4.79 Å². The molecule has 0 unspecified atom stereocenters. The minimum atomic E-state index is -1.47. The number of rotatable bonds is 6. The van der Waals surface area contributed by atoms with E-state index >= 15 is 0 Å². The monoisotopic (exact) mass is 269 g/mol. The van der Waals surface area contributed by atoms with Gasteiger partial charge >= 0.3 is 5.97 Å². The average molecular weight is 269 g/mol. The Morgan fingerprint density at radius 3 is 2.53 bits per heavy atom. The Kier molecular flexibility index (Phi) is 5.23. The predicted octanol–water partition coefficient (Wildman–Crippen LogP) is 1.29. The molecule has 1 aromatic carbocycles. The topological polar surface area (TPSA) is 63.3 Å². The third-order valence-corrected chi connectivity index (χ3v) is 8.83. The molecule has 0 fully saturated rings. The second-order valence-electron chi connectivity index (χ2n) is 4.71. The van der Waals surface area contributed by atoms with Crippen molar-refractivity contribution < 1.29 is 9.90 Å². The van der Waals surface area contributed by atoms with E-state index in [1.54, 1.807) is 11.8 Å². The van der Waals surface area contributed by atoms with Crippen LogP contribution < -0.4 is 10.9 Å². The molecule has 0 spiro atoms. The van der Waals surface area contributed by atoms with Gasteiger partial charge in [-0.3, -0.25) is 4.79 Å². The molecule has 0 aromatic heterocycles. The van der Waals surface area contributed by atoms with E-state index in [1.807, 2.05) is 6.07 Å². The summed E-state index contributed by atoms with van der Waals surface area (Å²) in [5.41, 5.74) is 5.48. The van der Waals surface area contributed by atoms with Crippen LogP contribution in [-0.4, -0.2) is 36.3 Å². The molecule has 1 aromatic rings. The molecule has 3 nitrogen and oxygen atoms in total. The molecule has 0 aliphatic rings. The largest absolute Gasteiger partial charge is 0.480 e. The molecule has 1 rings (SSSR count). The van der Waals surface area contributed by atoms with Gasteiger partial charge in [0.25, 0.3) is 0 Å². The number of nitrogens with two attached hydrogens (primary N) is 1. The second-order valence-corrected chi connectivity index (χ2v) is 11.0. The Morgan fingerprint density at radius 1 is 1.41 bits per heavy atom. The summed E-state index contributed by atoms with van der Waals surface area (Å²) in [7, 11) is -1.47. The van der Waals surface area contributed by atoms with Gasteiger partial charge in [0.15, 0.2) is 0 Å². The van der Waals surface area contributed by atoms with Gasteiger partial charge in [-0.1, -0.05) is 48.6 Å². The zero-order valence-electron chi connectivity index (χ0n) is 10.2. The summed E-state index contributed by atoms with van der Waals surface area (Å²) in [5, 5.41) is 11.1. The number of hydrogen-bond donors (Lipinski definition) is 2. The Labute approximate surface area is 107 Å². The van der Waals surface area contributed by atoms with Crippen LogP contribution in [0.2, 0.25) is 13.1 Å². The van der Waals surface area contributed by atoms with Crippen LogP contribution in [0.15, 0.2) is 30.3 Å². The lowest BCUT2D eigenvalue weighted by Gasteiger charge is -2.22. The van der Waals surface area contributed by atoms with Crippen molar-refractivity contribution >= 4 is 31.0 Å². The van der Waals surface area contributed by atoms with Crippen molar-refractivity contribution in [3.05, 3.63) is 30.3 Å². The van der Waals surface area contributed by atoms with Crippen LogP contribution in [0.1, 0.15) is 0 Å². The van der Waals surface area contributed by atoms with Gasteiger partial charge in [-0.2, -0.15) is 11.8 Å². The maximum absolute atomic E-state index is 10.6. The minimum absolute atomic E-state index is 0.485. The van der Waals surface area contributed by atoms with Gasteiger partial charge in [-0.25, -0.2) is 0 Å². The molecule has 0 saturated heterocycles. The number of carbonyl (C=O) groups is 1. The summed E-state index contributed by atoms with van der Waals surface area (Å²) in [6, 6.07) is 9.69. The zero-order chi connectivity index (χ0) is 12.9. The molecule has 0 amide bonds. The highest BCUT2D eigenvalue weighted by Crippen LogP contribution is 2.13. The third kappa shape index (κ3) is 4.53. The van der Waals surface area contributed by atoms with Gasteiger partial charge in [0, 0.05) is 5.75 Å². The van der Waals surface area contributed by atoms with Crippen LogP contribution in [0.4, 0.5) is 0 Å². The Balaban J connectivity index is 2.48. The molecule has 0 radical (unpaired) electrons. The first-order valence-corrected chi connectivity index (χ1v) is 9.91. The molecule has 94 valence electrons. The number of benzene rings is 1. The molecule has 0 heterocycles. The number of hydrogen-bond acceptors (Lipinski definition) is 3.